The van der Waals surface area contributed by atoms with E-state index < -0.39 is 5.79 Å². The molecule has 0 bridgehead atoms. The Labute approximate surface area is 151 Å². The fourth-order valence-corrected chi connectivity index (χ4v) is 3.45. The van der Waals surface area contributed by atoms with E-state index >= 15 is 0 Å². The van der Waals surface area contributed by atoms with E-state index in [2.05, 4.69) is 67.2 Å². The lowest BCUT2D eigenvalue weighted by molar-refractivity contribution is -0.277. The SMILES string of the molecule is C=C1[C@H](CCc2ccccc2)OC(C)(C)O[C@H]1CCc1ccccc1. The van der Waals surface area contributed by atoms with Crippen molar-refractivity contribution in [3.05, 3.63) is 83.9 Å². The van der Waals surface area contributed by atoms with E-state index in [0.29, 0.717) is 0 Å². The van der Waals surface area contributed by atoms with Gasteiger partial charge in [-0.05, 0) is 56.2 Å². The van der Waals surface area contributed by atoms with Crippen molar-refractivity contribution in [1.29, 1.82) is 0 Å². The van der Waals surface area contributed by atoms with Gasteiger partial charge in [0.1, 0.15) is 0 Å². The van der Waals surface area contributed by atoms with Gasteiger partial charge in [0.05, 0.1) is 12.2 Å². The largest absolute Gasteiger partial charge is 0.343 e. The molecular weight excluding hydrogens is 308 g/mol. The van der Waals surface area contributed by atoms with Crippen LogP contribution in [-0.4, -0.2) is 18.0 Å². The van der Waals surface area contributed by atoms with Crippen LogP contribution in [-0.2, 0) is 22.3 Å². The minimum atomic E-state index is -0.566. The molecule has 0 aromatic heterocycles. The van der Waals surface area contributed by atoms with Crippen LogP contribution in [0.2, 0.25) is 0 Å². The highest BCUT2D eigenvalue weighted by Crippen LogP contribution is 2.34. The molecule has 0 unspecified atom stereocenters. The van der Waals surface area contributed by atoms with Crippen molar-refractivity contribution in [1.82, 2.24) is 0 Å². The van der Waals surface area contributed by atoms with E-state index in [1.54, 1.807) is 0 Å². The number of benzene rings is 2. The molecule has 0 radical (unpaired) electrons. The van der Waals surface area contributed by atoms with Crippen LogP contribution in [0.15, 0.2) is 72.8 Å². The summed E-state index contributed by atoms with van der Waals surface area (Å²) < 4.78 is 12.3. The van der Waals surface area contributed by atoms with Crippen molar-refractivity contribution in [3.63, 3.8) is 0 Å². The summed E-state index contributed by atoms with van der Waals surface area (Å²) in [6, 6.07) is 21.1. The molecule has 2 aromatic carbocycles. The van der Waals surface area contributed by atoms with Gasteiger partial charge in [-0.1, -0.05) is 67.2 Å². The van der Waals surface area contributed by atoms with E-state index in [1.807, 2.05) is 13.8 Å². The van der Waals surface area contributed by atoms with Gasteiger partial charge in [-0.15, -0.1) is 0 Å². The van der Waals surface area contributed by atoms with Gasteiger partial charge in [-0.2, -0.15) is 0 Å². The zero-order valence-corrected chi connectivity index (χ0v) is 15.3. The van der Waals surface area contributed by atoms with Crippen molar-refractivity contribution < 1.29 is 9.47 Å². The normalized spacial score (nSPS) is 22.7. The topological polar surface area (TPSA) is 18.5 Å². The fraction of sp³-hybridized carbons (Fsp3) is 0.391. The van der Waals surface area contributed by atoms with Gasteiger partial charge in [-0.25, -0.2) is 0 Å². The van der Waals surface area contributed by atoms with Crippen LogP contribution < -0.4 is 0 Å². The Kier molecular flexibility index (Phi) is 5.72. The summed E-state index contributed by atoms with van der Waals surface area (Å²) in [5, 5.41) is 0. The predicted octanol–water partition coefficient (Wildman–Crippen LogP) is 5.33. The first kappa shape index (κ1) is 17.9. The van der Waals surface area contributed by atoms with Crippen LogP contribution in [0.25, 0.3) is 0 Å². The number of rotatable bonds is 6. The Morgan fingerprint density at radius 1 is 0.760 bits per heavy atom. The van der Waals surface area contributed by atoms with Gasteiger partial charge in [0.2, 0.25) is 0 Å². The second-order valence-corrected chi connectivity index (χ2v) is 7.24. The first-order chi connectivity index (χ1) is 12.0. The van der Waals surface area contributed by atoms with Crippen LogP contribution in [0.4, 0.5) is 0 Å². The third-order valence-corrected chi connectivity index (χ3v) is 4.76. The molecule has 2 nitrogen and oxygen atoms in total. The van der Waals surface area contributed by atoms with Gasteiger partial charge in [-0.3, -0.25) is 0 Å². The molecule has 2 atom stereocenters. The summed E-state index contributed by atoms with van der Waals surface area (Å²) in [5.41, 5.74) is 3.75. The summed E-state index contributed by atoms with van der Waals surface area (Å²) in [7, 11) is 0. The van der Waals surface area contributed by atoms with E-state index in [1.165, 1.54) is 11.1 Å². The molecule has 1 aliphatic rings. The maximum absolute atomic E-state index is 6.17. The third kappa shape index (κ3) is 5.04. The number of ether oxygens (including phenoxy) is 2. The van der Waals surface area contributed by atoms with E-state index in [4.69, 9.17) is 9.47 Å². The van der Waals surface area contributed by atoms with Crippen molar-refractivity contribution in [3.8, 4) is 0 Å². The molecule has 0 amide bonds. The first-order valence-electron chi connectivity index (χ1n) is 9.16. The summed E-state index contributed by atoms with van der Waals surface area (Å²) in [6.07, 6.45) is 3.96. The second-order valence-electron chi connectivity index (χ2n) is 7.24. The maximum atomic E-state index is 6.17. The quantitative estimate of drug-likeness (QED) is 0.664. The molecule has 3 rings (SSSR count). The smallest absolute Gasteiger partial charge is 0.164 e. The van der Waals surface area contributed by atoms with Gasteiger partial charge in [0, 0.05) is 0 Å². The number of hydrogen-bond acceptors (Lipinski definition) is 2. The van der Waals surface area contributed by atoms with Crippen molar-refractivity contribution >= 4 is 0 Å². The molecular formula is C23H28O2. The van der Waals surface area contributed by atoms with Crippen molar-refractivity contribution in [2.75, 3.05) is 0 Å². The molecule has 1 fully saturated rings. The molecule has 0 N–H and O–H groups in total. The van der Waals surface area contributed by atoms with Crippen molar-refractivity contribution in [2.24, 2.45) is 0 Å². The molecule has 1 heterocycles. The highest BCUT2D eigenvalue weighted by molar-refractivity contribution is 5.19. The van der Waals surface area contributed by atoms with Gasteiger partial charge in [0.25, 0.3) is 0 Å². The molecule has 1 saturated heterocycles. The highest BCUT2D eigenvalue weighted by atomic mass is 16.7. The monoisotopic (exact) mass is 336 g/mol. The lowest BCUT2D eigenvalue weighted by atomic mass is 9.93. The van der Waals surface area contributed by atoms with Gasteiger partial charge < -0.3 is 9.47 Å². The number of hydrogen-bond donors (Lipinski definition) is 0. The van der Waals surface area contributed by atoms with E-state index in [0.717, 1.165) is 31.3 Å². The van der Waals surface area contributed by atoms with Crippen LogP contribution in [0.5, 0.6) is 0 Å². The van der Waals surface area contributed by atoms with Crippen LogP contribution in [0, 0.1) is 0 Å². The zero-order chi connectivity index (χ0) is 17.7. The Morgan fingerprint density at radius 2 is 1.16 bits per heavy atom. The van der Waals surface area contributed by atoms with Crippen LogP contribution in [0.3, 0.4) is 0 Å². The molecule has 2 heteroatoms. The lowest BCUT2D eigenvalue weighted by Crippen LogP contribution is -2.46. The maximum Gasteiger partial charge on any atom is 0.164 e. The van der Waals surface area contributed by atoms with Crippen LogP contribution in [0.1, 0.15) is 37.8 Å². The van der Waals surface area contributed by atoms with Gasteiger partial charge in [0.15, 0.2) is 5.79 Å². The Hall–Kier alpha value is -1.90. The molecule has 0 spiro atoms. The molecule has 1 aliphatic heterocycles. The standard InChI is InChI=1S/C23H28O2/c1-18-21(16-14-19-10-6-4-7-11-19)24-23(2,3)25-22(18)17-15-20-12-8-5-9-13-20/h4-13,21-22H,1,14-17H2,2-3H3/t21-,22-/m0/s1. The molecule has 25 heavy (non-hydrogen) atoms. The average Bonchev–Trinajstić information content (AvgIpc) is 2.62. The predicted molar refractivity (Wildman–Crippen MR) is 102 cm³/mol. The third-order valence-electron chi connectivity index (χ3n) is 4.76. The molecule has 0 aliphatic carbocycles. The van der Waals surface area contributed by atoms with E-state index in [9.17, 15) is 0 Å². The first-order valence-corrected chi connectivity index (χ1v) is 9.16. The van der Waals surface area contributed by atoms with Crippen molar-refractivity contribution in [2.45, 2.75) is 57.5 Å². The highest BCUT2D eigenvalue weighted by Gasteiger charge is 2.37. The summed E-state index contributed by atoms with van der Waals surface area (Å²) in [5.74, 6) is -0.566. The van der Waals surface area contributed by atoms with Gasteiger partial charge >= 0.3 is 0 Å². The Balaban J connectivity index is 1.62. The Bertz CT molecular complexity index is 618. The minimum Gasteiger partial charge on any atom is -0.343 e. The molecule has 0 saturated carbocycles. The molecule has 132 valence electrons. The second kappa shape index (κ2) is 7.99. The van der Waals surface area contributed by atoms with E-state index in [-0.39, 0.29) is 12.2 Å². The fourth-order valence-electron chi connectivity index (χ4n) is 3.45. The average molecular weight is 336 g/mol. The molecule has 2 aromatic rings. The minimum absolute atomic E-state index is 0.0460. The lowest BCUT2D eigenvalue weighted by Gasteiger charge is -2.42. The van der Waals surface area contributed by atoms with Crippen LogP contribution >= 0.6 is 0 Å². The summed E-state index contributed by atoms with van der Waals surface area (Å²) in [6.45, 7) is 8.33. The Morgan fingerprint density at radius 3 is 1.56 bits per heavy atom. The zero-order valence-electron chi connectivity index (χ0n) is 15.3. The number of aryl methyl sites for hydroxylation is 2. The summed E-state index contributed by atoms with van der Waals surface area (Å²) >= 11 is 0. The summed E-state index contributed by atoms with van der Waals surface area (Å²) in [4.78, 5) is 0.